The summed E-state index contributed by atoms with van der Waals surface area (Å²) in [6, 6.07) is 15.4. The molecule has 1 N–H and O–H groups in total. The average Bonchev–Trinajstić information content (AvgIpc) is 3.04. The van der Waals surface area contributed by atoms with E-state index >= 15 is 4.39 Å². The third-order valence-corrected chi connectivity index (χ3v) is 9.75. The Morgan fingerprint density at radius 1 is 0.706 bits per heavy atom. The topological polar surface area (TPSA) is 47.9 Å². The number of ether oxygens (including phenoxy) is 3. The summed E-state index contributed by atoms with van der Waals surface area (Å²) in [4.78, 5) is 0. The SMILES string of the molecule is CCCCCc1c(F)c(O)c2c(c1F)OC(C)(C)c1ccc(C)cc1-2.CCCCCc1cc(OC(F)F)c2c(c1)OC(C)(C)c1ccc(C)cc1-2. The van der Waals surface area contributed by atoms with Crippen molar-refractivity contribution in [2.24, 2.45) is 0 Å². The fraction of sp³-hybridized carbons (Fsp3) is 0.442. The van der Waals surface area contributed by atoms with Crippen molar-refractivity contribution in [3.05, 3.63) is 93.5 Å². The van der Waals surface area contributed by atoms with Crippen LogP contribution in [0.1, 0.15) is 113 Å². The summed E-state index contributed by atoms with van der Waals surface area (Å²) < 4.78 is 73.0. The van der Waals surface area contributed by atoms with Crippen LogP contribution < -0.4 is 14.2 Å². The molecule has 0 saturated carbocycles. The van der Waals surface area contributed by atoms with Crippen molar-refractivity contribution in [2.45, 2.75) is 125 Å². The zero-order valence-electron chi connectivity index (χ0n) is 31.0. The smallest absolute Gasteiger partial charge is 0.387 e. The number of halogens is 4. The molecule has 51 heavy (non-hydrogen) atoms. The molecule has 0 atom stereocenters. The Kier molecular flexibility index (Phi) is 11.3. The summed E-state index contributed by atoms with van der Waals surface area (Å²) in [7, 11) is 0. The van der Waals surface area contributed by atoms with Gasteiger partial charge in [0.05, 0.1) is 11.1 Å². The molecular weight excluding hydrogens is 656 g/mol. The van der Waals surface area contributed by atoms with Gasteiger partial charge in [0, 0.05) is 16.7 Å². The minimum Gasteiger partial charge on any atom is -0.504 e. The Bertz CT molecular complexity index is 1880. The lowest BCUT2D eigenvalue weighted by molar-refractivity contribution is -0.0497. The molecule has 4 aromatic carbocycles. The highest BCUT2D eigenvalue weighted by Gasteiger charge is 2.39. The van der Waals surface area contributed by atoms with Crippen LogP contribution in [0.3, 0.4) is 0 Å². The first-order valence-electron chi connectivity index (χ1n) is 18.0. The van der Waals surface area contributed by atoms with Crippen LogP contribution >= 0.6 is 0 Å². The minimum absolute atomic E-state index is 0.0477. The molecular formula is C43H50F4O4. The Labute approximate surface area is 299 Å². The number of hydrogen-bond acceptors (Lipinski definition) is 4. The van der Waals surface area contributed by atoms with E-state index in [1.54, 1.807) is 6.07 Å². The quantitative estimate of drug-likeness (QED) is 0.132. The van der Waals surface area contributed by atoms with E-state index in [-0.39, 0.29) is 29.0 Å². The summed E-state index contributed by atoms with van der Waals surface area (Å²) in [5.74, 6) is -1.31. The third kappa shape index (κ3) is 7.85. The number of fused-ring (bicyclic) bond motifs is 6. The van der Waals surface area contributed by atoms with Crippen LogP contribution in [0.4, 0.5) is 17.6 Å². The van der Waals surface area contributed by atoms with Crippen LogP contribution in [0.15, 0.2) is 48.5 Å². The Morgan fingerprint density at radius 2 is 1.25 bits per heavy atom. The van der Waals surface area contributed by atoms with Gasteiger partial charge in [-0.3, -0.25) is 0 Å². The second kappa shape index (κ2) is 15.2. The monoisotopic (exact) mass is 706 g/mol. The molecule has 2 heterocycles. The van der Waals surface area contributed by atoms with Crippen LogP contribution in [0, 0.1) is 25.5 Å². The van der Waals surface area contributed by atoms with E-state index in [2.05, 4.69) is 6.92 Å². The van der Waals surface area contributed by atoms with Gasteiger partial charge >= 0.3 is 6.61 Å². The fourth-order valence-corrected chi connectivity index (χ4v) is 7.14. The first-order chi connectivity index (χ1) is 24.1. The highest BCUT2D eigenvalue weighted by Crippen LogP contribution is 2.53. The van der Waals surface area contributed by atoms with Crippen LogP contribution in [-0.2, 0) is 24.0 Å². The Balaban J connectivity index is 0.000000198. The number of aromatic hydroxyl groups is 1. The molecule has 6 rings (SSSR count). The average molecular weight is 707 g/mol. The molecule has 0 bridgehead atoms. The van der Waals surface area contributed by atoms with Crippen molar-refractivity contribution >= 4 is 0 Å². The van der Waals surface area contributed by atoms with E-state index < -0.39 is 35.2 Å². The standard InChI is InChI=1S/C22H26F2O2.C21H24F2O2/c1-5-6-7-8-15-12-18(25-21(23)24)20-16-11-14(2)9-10-17(16)22(3,4)26-19(20)13-15;1-5-6-7-8-13-17(22)19(24)16-14-11-12(2)9-10-15(14)21(3,4)25-20(16)18(13)23/h9-13,21H,5-8H2,1-4H3;9-11,24H,5-8H2,1-4H3. The zero-order chi connectivity index (χ0) is 37.2. The molecule has 2 aliphatic rings. The van der Waals surface area contributed by atoms with E-state index in [0.717, 1.165) is 71.9 Å². The lowest BCUT2D eigenvalue weighted by Crippen LogP contribution is -2.30. The van der Waals surface area contributed by atoms with E-state index in [0.29, 0.717) is 23.3 Å². The molecule has 4 nitrogen and oxygen atoms in total. The Morgan fingerprint density at radius 3 is 1.82 bits per heavy atom. The lowest BCUT2D eigenvalue weighted by atomic mass is 9.84. The van der Waals surface area contributed by atoms with E-state index in [1.807, 2.05) is 90.9 Å². The maximum atomic E-state index is 15.1. The molecule has 0 aliphatic carbocycles. The normalized spacial score (nSPS) is 14.6. The molecule has 0 radical (unpaired) electrons. The first-order valence-corrected chi connectivity index (χ1v) is 18.0. The minimum atomic E-state index is -2.87. The maximum absolute atomic E-state index is 15.1. The maximum Gasteiger partial charge on any atom is 0.387 e. The second-order valence-corrected chi connectivity index (χ2v) is 14.7. The predicted octanol–water partition coefficient (Wildman–Crippen LogP) is 12.6. The van der Waals surface area contributed by atoms with Crippen molar-refractivity contribution in [3.63, 3.8) is 0 Å². The highest BCUT2D eigenvalue weighted by molar-refractivity contribution is 5.84. The van der Waals surface area contributed by atoms with Gasteiger partial charge in [-0.15, -0.1) is 0 Å². The predicted molar refractivity (Wildman–Crippen MR) is 195 cm³/mol. The second-order valence-electron chi connectivity index (χ2n) is 14.7. The third-order valence-electron chi connectivity index (χ3n) is 9.75. The molecule has 8 heteroatoms. The molecule has 0 aromatic heterocycles. The van der Waals surface area contributed by atoms with Crippen molar-refractivity contribution < 1.29 is 36.9 Å². The van der Waals surface area contributed by atoms with Gasteiger partial charge in [0.1, 0.15) is 22.7 Å². The van der Waals surface area contributed by atoms with Crippen LogP contribution in [-0.4, -0.2) is 11.7 Å². The molecule has 0 spiro atoms. The van der Waals surface area contributed by atoms with Gasteiger partial charge in [-0.05, 0) is 96.0 Å². The van der Waals surface area contributed by atoms with Crippen LogP contribution in [0.5, 0.6) is 23.0 Å². The molecule has 4 aromatic rings. The Hall–Kier alpha value is -4.20. The summed E-state index contributed by atoms with van der Waals surface area (Å²) >= 11 is 0. The van der Waals surface area contributed by atoms with Gasteiger partial charge in [-0.1, -0.05) is 87.1 Å². The fourth-order valence-electron chi connectivity index (χ4n) is 7.14. The lowest BCUT2D eigenvalue weighted by Gasteiger charge is -2.36. The van der Waals surface area contributed by atoms with Gasteiger partial charge in [0.25, 0.3) is 0 Å². The summed E-state index contributed by atoms with van der Waals surface area (Å²) in [6.07, 6.45) is 6.81. The number of phenols is 1. The molecule has 274 valence electrons. The van der Waals surface area contributed by atoms with Gasteiger partial charge in [0.2, 0.25) is 0 Å². The zero-order valence-corrected chi connectivity index (χ0v) is 31.0. The van der Waals surface area contributed by atoms with Gasteiger partial charge < -0.3 is 19.3 Å². The van der Waals surface area contributed by atoms with Crippen LogP contribution in [0.2, 0.25) is 0 Å². The van der Waals surface area contributed by atoms with Crippen molar-refractivity contribution in [3.8, 4) is 45.3 Å². The number of benzene rings is 4. The van der Waals surface area contributed by atoms with Crippen molar-refractivity contribution in [2.75, 3.05) is 0 Å². The first kappa shape index (κ1) is 38.0. The molecule has 2 aliphatic heterocycles. The number of aryl methyl sites for hydroxylation is 3. The van der Waals surface area contributed by atoms with Gasteiger partial charge in [-0.2, -0.15) is 8.78 Å². The van der Waals surface area contributed by atoms with Gasteiger partial charge in [-0.25, -0.2) is 8.78 Å². The van der Waals surface area contributed by atoms with E-state index in [1.165, 1.54) is 0 Å². The summed E-state index contributed by atoms with van der Waals surface area (Å²) in [6.45, 7) is 12.9. The van der Waals surface area contributed by atoms with Crippen molar-refractivity contribution in [1.29, 1.82) is 0 Å². The number of phenolic OH excluding ortho intramolecular Hbond substituents is 1. The largest absolute Gasteiger partial charge is 0.504 e. The highest BCUT2D eigenvalue weighted by atomic mass is 19.3. The number of hydrogen-bond donors (Lipinski definition) is 1. The number of alkyl halides is 2. The van der Waals surface area contributed by atoms with Crippen molar-refractivity contribution in [1.82, 2.24) is 0 Å². The van der Waals surface area contributed by atoms with E-state index in [4.69, 9.17) is 14.2 Å². The summed E-state index contributed by atoms with van der Waals surface area (Å²) in [5.41, 5.74) is 5.69. The van der Waals surface area contributed by atoms with E-state index in [9.17, 15) is 18.3 Å². The number of rotatable bonds is 10. The van der Waals surface area contributed by atoms with Gasteiger partial charge in [0.15, 0.2) is 23.1 Å². The van der Waals surface area contributed by atoms with Crippen LogP contribution in [0.25, 0.3) is 22.3 Å². The molecule has 0 saturated heterocycles. The summed E-state index contributed by atoms with van der Waals surface area (Å²) in [5, 5.41) is 10.5. The molecule has 0 amide bonds. The number of unbranched alkanes of at least 4 members (excludes halogenated alkanes) is 4. The molecule has 0 fully saturated rings. The molecule has 0 unspecified atom stereocenters.